The Morgan fingerprint density at radius 3 is 2.28 bits per heavy atom. The monoisotopic (exact) mass is 430 g/mol. The van der Waals surface area contributed by atoms with Crippen molar-refractivity contribution in [2.75, 3.05) is 13.1 Å². The highest BCUT2D eigenvalue weighted by Crippen LogP contribution is 2.20. The SMILES string of the molecule is CC(C)CNC(=O)C(C)N(CCc1ccccc1)C(=O)CCc1cccc2ccccc12. The van der Waals surface area contributed by atoms with Crippen molar-refractivity contribution in [3.63, 3.8) is 0 Å². The molecule has 0 heterocycles. The number of amides is 2. The Morgan fingerprint density at radius 2 is 1.53 bits per heavy atom. The predicted molar refractivity (Wildman–Crippen MR) is 131 cm³/mol. The van der Waals surface area contributed by atoms with E-state index in [1.807, 2.05) is 43.3 Å². The molecule has 0 fully saturated rings. The maximum Gasteiger partial charge on any atom is 0.242 e. The summed E-state index contributed by atoms with van der Waals surface area (Å²) < 4.78 is 0. The van der Waals surface area contributed by atoms with E-state index in [4.69, 9.17) is 0 Å². The summed E-state index contributed by atoms with van der Waals surface area (Å²) in [6.07, 6.45) is 1.76. The first kappa shape index (κ1) is 23.5. The summed E-state index contributed by atoms with van der Waals surface area (Å²) in [4.78, 5) is 27.8. The lowest BCUT2D eigenvalue weighted by Crippen LogP contribution is -2.49. The molecule has 3 aromatic rings. The van der Waals surface area contributed by atoms with E-state index >= 15 is 0 Å². The third-order valence-corrected chi connectivity index (χ3v) is 5.82. The molecule has 0 spiro atoms. The fourth-order valence-electron chi connectivity index (χ4n) is 3.92. The minimum atomic E-state index is -0.502. The van der Waals surface area contributed by atoms with Crippen molar-refractivity contribution >= 4 is 22.6 Å². The van der Waals surface area contributed by atoms with Gasteiger partial charge in [-0.05, 0) is 47.6 Å². The van der Waals surface area contributed by atoms with Gasteiger partial charge in [0.05, 0.1) is 0 Å². The van der Waals surface area contributed by atoms with Gasteiger partial charge in [-0.2, -0.15) is 0 Å². The van der Waals surface area contributed by atoms with E-state index in [0.29, 0.717) is 31.8 Å². The van der Waals surface area contributed by atoms with Gasteiger partial charge in [0.2, 0.25) is 11.8 Å². The van der Waals surface area contributed by atoms with Gasteiger partial charge < -0.3 is 10.2 Å². The van der Waals surface area contributed by atoms with E-state index < -0.39 is 6.04 Å². The van der Waals surface area contributed by atoms with E-state index in [-0.39, 0.29) is 11.8 Å². The second-order valence-electron chi connectivity index (χ2n) is 8.78. The molecule has 0 bridgehead atoms. The van der Waals surface area contributed by atoms with Gasteiger partial charge in [-0.1, -0.05) is 86.6 Å². The Hall–Kier alpha value is -3.14. The molecule has 0 aromatic heterocycles. The number of aryl methyl sites for hydroxylation is 1. The van der Waals surface area contributed by atoms with Crippen molar-refractivity contribution in [1.82, 2.24) is 10.2 Å². The molecule has 0 saturated carbocycles. The molecule has 4 heteroatoms. The molecule has 0 radical (unpaired) electrons. The highest BCUT2D eigenvalue weighted by atomic mass is 16.2. The Morgan fingerprint density at radius 1 is 0.844 bits per heavy atom. The molecule has 4 nitrogen and oxygen atoms in total. The largest absolute Gasteiger partial charge is 0.354 e. The highest BCUT2D eigenvalue weighted by molar-refractivity contribution is 5.88. The van der Waals surface area contributed by atoms with Crippen LogP contribution in [0.3, 0.4) is 0 Å². The van der Waals surface area contributed by atoms with Crippen LogP contribution in [0.2, 0.25) is 0 Å². The molecule has 1 N–H and O–H groups in total. The first-order valence-corrected chi connectivity index (χ1v) is 11.5. The van der Waals surface area contributed by atoms with E-state index in [2.05, 4.69) is 55.6 Å². The molecule has 32 heavy (non-hydrogen) atoms. The molecule has 3 aromatic carbocycles. The van der Waals surface area contributed by atoms with Crippen LogP contribution in [0.4, 0.5) is 0 Å². The summed E-state index contributed by atoms with van der Waals surface area (Å²) in [6, 6.07) is 24.1. The molecular weight excluding hydrogens is 396 g/mol. The van der Waals surface area contributed by atoms with Crippen LogP contribution in [-0.2, 0) is 22.4 Å². The fraction of sp³-hybridized carbons (Fsp3) is 0.357. The topological polar surface area (TPSA) is 49.4 Å². The molecule has 0 aliphatic heterocycles. The van der Waals surface area contributed by atoms with Gasteiger partial charge >= 0.3 is 0 Å². The Balaban J connectivity index is 1.71. The predicted octanol–water partition coefficient (Wildman–Crippen LogP) is 5.00. The molecule has 3 rings (SSSR count). The summed E-state index contributed by atoms with van der Waals surface area (Å²) in [5, 5.41) is 5.34. The number of carbonyl (C=O) groups excluding carboxylic acids is 2. The van der Waals surface area contributed by atoms with E-state index in [9.17, 15) is 9.59 Å². The van der Waals surface area contributed by atoms with Crippen LogP contribution < -0.4 is 5.32 Å². The highest BCUT2D eigenvalue weighted by Gasteiger charge is 2.25. The maximum absolute atomic E-state index is 13.3. The summed E-state index contributed by atoms with van der Waals surface area (Å²) >= 11 is 0. The number of hydrogen-bond acceptors (Lipinski definition) is 2. The minimum Gasteiger partial charge on any atom is -0.354 e. The molecule has 168 valence electrons. The zero-order chi connectivity index (χ0) is 22.9. The molecule has 2 amide bonds. The van der Waals surface area contributed by atoms with Gasteiger partial charge in [0.25, 0.3) is 0 Å². The number of rotatable bonds is 10. The molecule has 0 aliphatic carbocycles. The van der Waals surface area contributed by atoms with Crippen LogP contribution in [0.1, 0.15) is 38.3 Å². The van der Waals surface area contributed by atoms with Crippen LogP contribution in [0, 0.1) is 5.92 Å². The lowest BCUT2D eigenvalue weighted by atomic mass is 10.0. The molecule has 0 saturated heterocycles. The van der Waals surface area contributed by atoms with E-state index in [1.54, 1.807) is 4.90 Å². The van der Waals surface area contributed by atoms with Crippen molar-refractivity contribution in [2.45, 2.75) is 46.1 Å². The van der Waals surface area contributed by atoms with Gasteiger partial charge in [-0.25, -0.2) is 0 Å². The second kappa shape index (κ2) is 11.5. The number of fused-ring (bicyclic) bond motifs is 1. The lowest BCUT2D eigenvalue weighted by Gasteiger charge is -2.29. The molecule has 1 atom stereocenters. The normalized spacial score (nSPS) is 12.0. The molecule has 1 unspecified atom stereocenters. The van der Waals surface area contributed by atoms with Crippen molar-refractivity contribution < 1.29 is 9.59 Å². The number of benzene rings is 3. The first-order valence-electron chi connectivity index (χ1n) is 11.5. The van der Waals surface area contributed by atoms with Crippen LogP contribution in [-0.4, -0.2) is 35.8 Å². The number of hydrogen-bond donors (Lipinski definition) is 1. The van der Waals surface area contributed by atoms with Gasteiger partial charge in [0.15, 0.2) is 0 Å². The second-order valence-corrected chi connectivity index (χ2v) is 8.78. The van der Waals surface area contributed by atoms with Crippen LogP contribution in [0.15, 0.2) is 72.8 Å². The van der Waals surface area contributed by atoms with E-state index in [0.717, 1.165) is 17.5 Å². The summed E-state index contributed by atoms with van der Waals surface area (Å²) in [5.74, 6) is 0.289. The summed E-state index contributed by atoms with van der Waals surface area (Å²) in [6.45, 7) is 7.09. The Bertz CT molecular complexity index is 1020. The molecule has 0 aliphatic rings. The standard InChI is InChI=1S/C28H34N2O2/c1-21(2)20-29-28(32)22(3)30(19-18-23-10-5-4-6-11-23)27(31)17-16-25-14-9-13-24-12-7-8-15-26(24)25/h4-15,21-22H,16-20H2,1-3H3,(H,29,32). The number of nitrogens with one attached hydrogen (secondary N) is 1. The van der Waals surface area contributed by atoms with Crippen LogP contribution >= 0.6 is 0 Å². The van der Waals surface area contributed by atoms with Gasteiger partial charge in [-0.3, -0.25) is 9.59 Å². The quantitative estimate of drug-likeness (QED) is 0.492. The smallest absolute Gasteiger partial charge is 0.242 e. The van der Waals surface area contributed by atoms with Gasteiger partial charge in [-0.15, -0.1) is 0 Å². The number of carbonyl (C=O) groups is 2. The number of nitrogens with zero attached hydrogens (tertiary/aromatic N) is 1. The average Bonchev–Trinajstić information content (AvgIpc) is 2.81. The van der Waals surface area contributed by atoms with Gasteiger partial charge in [0, 0.05) is 19.5 Å². The lowest BCUT2D eigenvalue weighted by molar-refractivity contribution is -0.139. The Labute approximate surface area is 191 Å². The van der Waals surface area contributed by atoms with E-state index in [1.165, 1.54) is 10.8 Å². The third-order valence-electron chi connectivity index (χ3n) is 5.82. The van der Waals surface area contributed by atoms with Crippen LogP contribution in [0.25, 0.3) is 10.8 Å². The van der Waals surface area contributed by atoms with Crippen molar-refractivity contribution in [2.24, 2.45) is 5.92 Å². The summed E-state index contributed by atoms with van der Waals surface area (Å²) in [5.41, 5.74) is 2.32. The summed E-state index contributed by atoms with van der Waals surface area (Å²) in [7, 11) is 0. The molecular formula is C28H34N2O2. The first-order chi connectivity index (χ1) is 15.5. The third kappa shape index (κ3) is 6.43. The van der Waals surface area contributed by atoms with Crippen molar-refractivity contribution in [3.05, 3.63) is 83.9 Å². The van der Waals surface area contributed by atoms with Crippen molar-refractivity contribution in [3.8, 4) is 0 Å². The zero-order valence-corrected chi connectivity index (χ0v) is 19.4. The minimum absolute atomic E-state index is 0.0149. The van der Waals surface area contributed by atoms with Crippen LogP contribution in [0.5, 0.6) is 0 Å². The van der Waals surface area contributed by atoms with Gasteiger partial charge in [0.1, 0.15) is 6.04 Å². The Kier molecular flexibility index (Phi) is 8.43. The fourth-order valence-corrected chi connectivity index (χ4v) is 3.92. The van der Waals surface area contributed by atoms with Crippen molar-refractivity contribution in [1.29, 1.82) is 0 Å². The maximum atomic E-state index is 13.3. The zero-order valence-electron chi connectivity index (χ0n) is 19.4. The average molecular weight is 431 g/mol.